The Labute approximate surface area is 134 Å². The Morgan fingerprint density at radius 2 is 2.05 bits per heavy atom. The number of anilines is 1. The summed E-state index contributed by atoms with van der Waals surface area (Å²) < 4.78 is 0.918. The maximum atomic E-state index is 12.2. The Hall–Kier alpha value is -0.540. The average Bonchev–Trinajstić information content (AvgIpc) is 2.94. The third kappa shape index (κ3) is 3.37. The molecule has 0 N–H and O–H groups in total. The first kappa shape index (κ1) is 15.8. The van der Waals surface area contributed by atoms with Gasteiger partial charge in [-0.05, 0) is 31.4 Å². The minimum absolute atomic E-state index is 0.125. The van der Waals surface area contributed by atoms with E-state index in [1.54, 1.807) is 0 Å². The largest absolute Gasteiger partial charge is 0.370 e. The van der Waals surface area contributed by atoms with Crippen molar-refractivity contribution in [1.82, 2.24) is 0 Å². The first-order chi connectivity index (χ1) is 9.54. The number of benzene rings is 1. The Morgan fingerprint density at radius 1 is 1.40 bits per heavy atom. The molecule has 1 aliphatic carbocycles. The van der Waals surface area contributed by atoms with E-state index >= 15 is 0 Å². The van der Waals surface area contributed by atoms with Crippen molar-refractivity contribution in [3.8, 4) is 0 Å². The van der Waals surface area contributed by atoms with Crippen LogP contribution in [0.25, 0.3) is 0 Å². The second kappa shape index (κ2) is 6.95. The number of Topliss-reactive ketones (excluding diaryl/α,β-unsaturated/α-hetero) is 1. The van der Waals surface area contributed by atoms with Gasteiger partial charge < -0.3 is 4.90 Å². The molecule has 4 heteroatoms. The Balaban J connectivity index is 2.35. The Morgan fingerprint density at radius 3 is 2.65 bits per heavy atom. The molecule has 0 spiro atoms. The van der Waals surface area contributed by atoms with Gasteiger partial charge in [-0.2, -0.15) is 0 Å². The SMILES string of the molecule is CCCC(=O)c1cc(Br)cc(N(C)C2CCCC2)c1Cl. The van der Waals surface area contributed by atoms with Crippen molar-refractivity contribution >= 4 is 39.0 Å². The van der Waals surface area contributed by atoms with Gasteiger partial charge in [-0.1, -0.05) is 47.3 Å². The summed E-state index contributed by atoms with van der Waals surface area (Å²) in [5.41, 5.74) is 1.61. The standard InChI is InChI=1S/C16H21BrClNO/c1-3-6-15(20)13-9-11(17)10-14(16(13)18)19(2)12-7-4-5-8-12/h9-10,12H,3-8H2,1-2H3. The fraction of sp³-hybridized carbons (Fsp3) is 0.562. The molecule has 0 saturated heterocycles. The molecule has 0 aliphatic heterocycles. The molecule has 1 fully saturated rings. The number of hydrogen-bond donors (Lipinski definition) is 0. The van der Waals surface area contributed by atoms with Gasteiger partial charge in [0.2, 0.25) is 0 Å². The monoisotopic (exact) mass is 357 g/mol. The van der Waals surface area contributed by atoms with Crippen LogP contribution in [0.15, 0.2) is 16.6 Å². The van der Waals surface area contributed by atoms with E-state index in [-0.39, 0.29) is 5.78 Å². The van der Waals surface area contributed by atoms with Crippen LogP contribution in [0.3, 0.4) is 0 Å². The fourth-order valence-corrected chi connectivity index (χ4v) is 3.68. The van der Waals surface area contributed by atoms with Gasteiger partial charge in [0.25, 0.3) is 0 Å². The maximum absolute atomic E-state index is 12.2. The van der Waals surface area contributed by atoms with Crippen LogP contribution in [0.5, 0.6) is 0 Å². The van der Waals surface area contributed by atoms with Crippen LogP contribution in [0.1, 0.15) is 55.8 Å². The van der Waals surface area contributed by atoms with Gasteiger partial charge in [-0.25, -0.2) is 0 Å². The van der Waals surface area contributed by atoms with Crippen LogP contribution < -0.4 is 4.90 Å². The topological polar surface area (TPSA) is 20.3 Å². The van der Waals surface area contributed by atoms with Gasteiger partial charge in [-0.3, -0.25) is 4.79 Å². The third-order valence-corrected chi connectivity index (χ3v) is 4.90. The normalized spacial score (nSPS) is 15.6. The van der Waals surface area contributed by atoms with Crippen LogP contribution in [-0.4, -0.2) is 18.9 Å². The lowest BCUT2D eigenvalue weighted by Crippen LogP contribution is -2.29. The lowest BCUT2D eigenvalue weighted by molar-refractivity contribution is 0.0982. The first-order valence-electron chi connectivity index (χ1n) is 7.29. The Bertz CT molecular complexity index is 497. The number of rotatable bonds is 5. The number of hydrogen-bond acceptors (Lipinski definition) is 2. The van der Waals surface area contributed by atoms with E-state index in [9.17, 15) is 4.79 Å². The Kier molecular flexibility index (Phi) is 5.50. The summed E-state index contributed by atoms with van der Waals surface area (Å²) in [5.74, 6) is 0.125. The highest BCUT2D eigenvalue weighted by Crippen LogP contribution is 2.36. The van der Waals surface area contributed by atoms with E-state index in [4.69, 9.17) is 11.6 Å². The molecule has 0 atom stereocenters. The molecule has 1 aliphatic rings. The summed E-state index contributed by atoms with van der Waals surface area (Å²) in [7, 11) is 2.08. The first-order valence-corrected chi connectivity index (χ1v) is 8.46. The summed E-state index contributed by atoms with van der Waals surface area (Å²) in [6, 6.07) is 4.39. The molecule has 1 aromatic carbocycles. The van der Waals surface area contributed by atoms with E-state index in [0.717, 1.165) is 16.6 Å². The van der Waals surface area contributed by atoms with Crippen LogP contribution in [0.2, 0.25) is 5.02 Å². The summed E-state index contributed by atoms with van der Waals surface area (Å²) in [6.07, 6.45) is 6.36. The summed E-state index contributed by atoms with van der Waals surface area (Å²) >= 11 is 10.0. The van der Waals surface area contributed by atoms with Crippen molar-refractivity contribution in [2.75, 3.05) is 11.9 Å². The van der Waals surface area contributed by atoms with Gasteiger partial charge in [0.1, 0.15) is 0 Å². The quantitative estimate of drug-likeness (QED) is 0.651. The molecule has 1 saturated carbocycles. The third-order valence-electron chi connectivity index (χ3n) is 4.05. The van der Waals surface area contributed by atoms with Crippen molar-refractivity contribution in [1.29, 1.82) is 0 Å². The molecule has 0 unspecified atom stereocenters. The summed E-state index contributed by atoms with van der Waals surface area (Å²) in [4.78, 5) is 14.4. The average molecular weight is 359 g/mol. The molecule has 0 radical (unpaired) electrons. The number of carbonyl (C=O) groups is 1. The van der Waals surface area contributed by atoms with Gasteiger partial charge in [-0.15, -0.1) is 0 Å². The van der Waals surface area contributed by atoms with Gasteiger partial charge in [0.15, 0.2) is 5.78 Å². The highest BCUT2D eigenvalue weighted by molar-refractivity contribution is 9.10. The molecule has 2 nitrogen and oxygen atoms in total. The predicted molar refractivity (Wildman–Crippen MR) is 89.0 cm³/mol. The molecule has 1 aromatic rings. The second-order valence-corrected chi connectivity index (χ2v) is 6.80. The van der Waals surface area contributed by atoms with Crippen LogP contribution in [-0.2, 0) is 0 Å². The maximum Gasteiger partial charge on any atom is 0.164 e. The fourth-order valence-electron chi connectivity index (χ4n) is 2.88. The van der Waals surface area contributed by atoms with Gasteiger partial charge >= 0.3 is 0 Å². The predicted octanol–water partition coefficient (Wildman–Crippen LogP) is 5.46. The van der Waals surface area contributed by atoms with E-state index < -0.39 is 0 Å². The minimum Gasteiger partial charge on any atom is -0.370 e. The smallest absolute Gasteiger partial charge is 0.164 e. The molecular weight excluding hydrogens is 338 g/mol. The van der Waals surface area contributed by atoms with Gasteiger partial charge in [0.05, 0.1) is 10.7 Å². The lowest BCUT2D eigenvalue weighted by atomic mass is 10.0. The number of nitrogens with zero attached hydrogens (tertiary/aromatic N) is 1. The van der Waals surface area contributed by atoms with E-state index in [0.29, 0.717) is 23.0 Å². The van der Waals surface area contributed by atoms with Crippen LogP contribution >= 0.6 is 27.5 Å². The number of halogens is 2. The molecule has 110 valence electrons. The van der Waals surface area contributed by atoms with Crippen molar-refractivity contribution in [3.05, 3.63) is 27.2 Å². The van der Waals surface area contributed by atoms with Crippen molar-refractivity contribution < 1.29 is 4.79 Å². The molecule has 0 heterocycles. The zero-order valence-electron chi connectivity index (χ0n) is 12.1. The van der Waals surface area contributed by atoms with Crippen molar-refractivity contribution in [2.45, 2.75) is 51.5 Å². The molecular formula is C16H21BrClNO. The number of carbonyl (C=O) groups excluding carboxylic acids is 1. The molecule has 0 aromatic heterocycles. The van der Waals surface area contributed by atoms with E-state index in [2.05, 4.69) is 27.9 Å². The number of ketones is 1. The summed E-state index contributed by atoms with van der Waals surface area (Å²) in [6.45, 7) is 2.01. The van der Waals surface area contributed by atoms with E-state index in [1.165, 1.54) is 25.7 Å². The zero-order valence-corrected chi connectivity index (χ0v) is 14.4. The highest BCUT2D eigenvalue weighted by atomic mass is 79.9. The van der Waals surface area contributed by atoms with E-state index in [1.807, 2.05) is 19.1 Å². The molecule has 2 rings (SSSR count). The minimum atomic E-state index is 0.125. The molecule has 20 heavy (non-hydrogen) atoms. The van der Waals surface area contributed by atoms with Crippen LogP contribution in [0.4, 0.5) is 5.69 Å². The van der Waals surface area contributed by atoms with Gasteiger partial charge in [0, 0.05) is 29.5 Å². The lowest BCUT2D eigenvalue weighted by Gasteiger charge is -2.28. The zero-order chi connectivity index (χ0) is 14.7. The molecule has 0 bridgehead atoms. The van der Waals surface area contributed by atoms with Crippen molar-refractivity contribution in [3.63, 3.8) is 0 Å². The van der Waals surface area contributed by atoms with Crippen LogP contribution in [0, 0.1) is 0 Å². The highest BCUT2D eigenvalue weighted by Gasteiger charge is 2.23. The molecule has 0 amide bonds. The second-order valence-electron chi connectivity index (χ2n) is 5.51. The summed E-state index contributed by atoms with van der Waals surface area (Å²) in [5, 5.41) is 0.598. The van der Waals surface area contributed by atoms with Crippen molar-refractivity contribution in [2.24, 2.45) is 0 Å².